The summed E-state index contributed by atoms with van der Waals surface area (Å²) in [7, 11) is 0. The molecule has 10 heteroatoms. The summed E-state index contributed by atoms with van der Waals surface area (Å²) in [5.74, 6) is 2.65. The number of aromatic nitrogens is 4. The number of aryl methyl sites for hydroxylation is 1. The normalized spacial score (nSPS) is 20.6. The number of nitrogens with one attached hydrogen (secondary N) is 1. The Morgan fingerprint density at radius 1 is 1.16 bits per heavy atom. The first-order chi connectivity index (χ1) is 15.2. The van der Waals surface area contributed by atoms with Crippen LogP contribution in [0.2, 0.25) is 5.02 Å². The molecular weight excluding hydrogens is 450 g/mol. The molecule has 0 bridgehead atoms. The second-order valence-electron chi connectivity index (χ2n) is 7.47. The Balaban J connectivity index is 1.50. The number of thiophene rings is 1. The second-order valence-corrected chi connectivity index (χ2v) is 10.1. The van der Waals surface area contributed by atoms with E-state index < -0.39 is 0 Å². The van der Waals surface area contributed by atoms with Gasteiger partial charge in [0.25, 0.3) is 0 Å². The number of nitrogens with zero attached hydrogens (tertiary/aromatic N) is 6. The molecule has 2 aliphatic heterocycles. The van der Waals surface area contributed by atoms with Crippen molar-refractivity contribution in [3.63, 3.8) is 0 Å². The molecular formula is C21H18ClN7S2. The van der Waals surface area contributed by atoms with Gasteiger partial charge in [0.15, 0.2) is 11.5 Å². The molecule has 1 aromatic carbocycles. The molecule has 7 nitrogen and oxygen atoms in total. The fraction of sp³-hybridized carbons (Fsp3) is 0.238. The van der Waals surface area contributed by atoms with E-state index in [2.05, 4.69) is 55.0 Å². The third-order valence-corrected chi connectivity index (χ3v) is 7.96. The maximum atomic E-state index is 6.53. The van der Waals surface area contributed by atoms with Crippen LogP contribution in [0.25, 0.3) is 17.4 Å². The Hall–Kier alpha value is -2.62. The minimum atomic E-state index is -0.105. The van der Waals surface area contributed by atoms with Gasteiger partial charge in [-0.05, 0) is 31.2 Å². The standard InChI is InChI=1S/C21H18ClN7S2/c1-12-5-6-17(31-12)28-7-13-14(22)3-2-4-15(13)27-20(28)16-8-30-11-29(16)21-18-19(24-9-23-18)25-10-26-21/h2-7,9-10,16,20H,8,11H2,1H3,(H,23,24,25,26)/t16?,20-/m1/s1. The molecule has 1 N–H and O–H groups in total. The predicted octanol–water partition coefficient (Wildman–Crippen LogP) is 3.16. The number of hydrogen-bond acceptors (Lipinski definition) is 8. The van der Waals surface area contributed by atoms with Gasteiger partial charge >= 0.3 is 0 Å². The van der Waals surface area contributed by atoms with E-state index >= 15 is 0 Å². The smallest absolute Gasteiger partial charge is 0.182 e. The predicted molar refractivity (Wildman–Crippen MR) is 127 cm³/mol. The number of H-pyrrole nitrogens is 1. The summed E-state index contributed by atoms with van der Waals surface area (Å²) in [6.45, 7) is 2.12. The highest BCUT2D eigenvalue weighted by Gasteiger charge is 2.38. The van der Waals surface area contributed by atoms with Gasteiger partial charge in [0, 0.05) is 22.0 Å². The molecule has 156 valence electrons. The van der Waals surface area contributed by atoms with Crippen LogP contribution in [-0.4, -0.2) is 43.8 Å². The fourth-order valence-electron chi connectivity index (χ4n) is 4.10. The van der Waals surface area contributed by atoms with Crippen molar-refractivity contribution >= 4 is 62.9 Å². The van der Waals surface area contributed by atoms with E-state index in [0.29, 0.717) is 10.7 Å². The monoisotopic (exact) mass is 467 g/mol. The zero-order chi connectivity index (χ0) is 20.9. The quantitative estimate of drug-likeness (QED) is 0.499. The maximum absolute atomic E-state index is 6.53. The molecule has 2 atom stereocenters. The van der Waals surface area contributed by atoms with Crippen molar-refractivity contribution < 1.29 is 0 Å². The molecule has 0 saturated carbocycles. The average molecular weight is 468 g/mol. The topological polar surface area (TPSA) is 73.3 Å². The van der Waals surface area contributed by atoms with Crippen LogP contribution in [0.5, 0.6) is 0 Å². The Morgan fingerprint density at radius 3 is 2.97 bits per heavy atom. The summed E-state index contributed by atoms with van der Waals surface area (Å²) in [5.41, 5.74) is 1.53. The molecule has 3 aromatic heterocycles. The minimum Gasteiger partial charge on any atom is -0.340 e. The van der Waals surface area contributed by atoms with Crippen molar-refractivity contribution in [1.29, 1.82) is 0 Å². The van der Waals surface area contributed by atoms with E-state index in [0.717, 1.165) is 38.5 Å². The highest BCUT2D eigenvalue weighted by Crippen LogP contribution is 2.36. The highest BCUT2D eigenvalue weighted by atomic mass is 35.5. The maximum Gasteiger partial charge on any atom is 0.182 e. The minimum absolute atomic E-state index is 0.105. The molecule has 31 heavy (non-hydrogen) atoms. The van der Waals surface area contributed by atoms with Gasteiger partial charge in [0.2, 0.25) is 0 Å². The number of fused-ring (bicyclic) bond motifs is 2. The molecule has 0 radical (unpaired) electrons. The third-order valence-electron chi connectivity index (χ3n) is 5.57. The molecule has 0 amide bonds. The van der Waals surface area contributed by atoms with Gasteiger partial charge in [0.05, 0.1) is 33.6 Å². The van der Waals surface area contributed by atoms with Gasteiger partial charge in [-0.2, -0.15) is 0 Å². The largest absolute Gasteiger partial charge is 0.340 e. The van der Waals surface area contributed by atoms with Crippen molar-refractivity contribution in [1.82, 2.24) is 19.9 Å². The van der Waals surface area contributed by atoms with Crippen molar-refractivity contribution in [3.05, 3.63) is 63.5 Å². The highest BCUT2D eigenvalue weighted by molar-refractivity contribution is 7.99. The van der Waals surface area contributed by atoms with E-state index in [1.807, 2.05) is 30.0 Å². The summed E-state index contributed by atoms with van der Waals surface area (Å²) >= 11 is 10.2. The number of halogens is 1. The van der Waals surface area contributed by atoms with Crippen LogP contribution in [-0.2, 0) is 0 Å². The van der Waals surface area contributed by atoms with E-state index in [1.165, 1.54) is 4.88 Å². The van der Waals surface area contributed by atoms with Crippen LogP contribution in [0.4, 0.5) is 10.8 Å². The zero-order valence-corrected chi connectivity index (χ0v) is 19.0. The number of thioether (sulfide) groups is 1. The van der Waals surface area contributed by atoms with Gasteiger partial charge in [-0.1, -0.05) is 17.7 Å². The van der Waals surface area contributed by atoms with Crippen LogP contribution in [0.15, 0.2) is 48.0 Å². The Bertz CT molecular complexity index is 1400. The number of imidazole rings is 1. The van der Waals surface area contributed by atoms with Gasteiger partial charge in [-0.3, -0.25) is 4.99 Å². The van der Waals surface area contributed by atoms with Crippen LogP contribution in [0, 0.1) is 6.92 Å². The third kappa shape index (κ3) is 3.19. The zero-order valence-electron chi connectivity index (χ0n) is 16.6. The second kappa shape index (κ2) is 7.51. The number of hydrogen-bond donors (Lipinski definition) is 1. The first-order valence-corrected chi connectivity index (χ1v) is 12.2. The number of benzene rings is 1. The average Bonchev–Trinajstić information content (AvgIpc) is 3.53. The summed E-state index contributed by atoms with van der Waals surface area (Å²) < 4.78 is 0. The lowest BCUT2D eigenvalue weighted by Crippen LogP contribution is -2.53. The van der Waals surface area contributed by atoms with Crippen molar-refractivity contribution in [2.75, 3.05) is 21.4 Å². The lowest BCUT2D eigenvalue weighted by Gasteiger charge is -2.37. The fourth-order valence-corrected chi connectivity index (χ4v) is 6.40. The van der Waals surface area contributed by atoms with Gasteiger partial charge < -0.3 is 14.8 Å². The van der Waals surface area contributed by atoms with Gasteiger partial charge in [-0.25, -0.2) is 15.0 Å². The van der Waals surface area contributed by atoms with Crippen molar-refractivity contribution in [2.45, 2.75) is 19.1 Å². The molecule has 0 spiro atoms. The first-order valence-electron chi connectivity index (χ1n) is 9.86. The lowest BCUT2D eigenvalue weighted by atomic mass is 10.1. The number of rotatable bonds is 3. The Kier molecular flexibility index (Phi) is 4.62. The molecule has 2 aliphatic rings. The van der Waals surface area contributed by atoms with E-state index in [1.54, 1.807) is 24.0 Å². The number of aromatic amines is 1. The van der Waals surface area contributed by atoms with Crippen molar-refractivity contribution in [3.8, 4) is 0 Å². The van der Waals surface area contributed by atoms with Crippen LogP contribution in [0.1, 0.15) is 4.88 Å². The van der Waals surface area contributed by atoms with E-state index in [-0.39, 0.29) is 12.2 Å². The molecule has 4 aromatic rings. The number of anilines is 2. The van der Waals surface area contributed by atoms with Gasteiger partial charge in [0.1, 0.15) is 18.0 Å². The van der Waals surface area contributed by atoms with E-state index in [9.17, 15) is 0 Å². The lowest BCUT2D eigenvalue weighted by molar-refractivity contribution is 0.547. The molecule has 1 unspecified atom stereocenters. The summed E-state index contributed by atoms with van der Waals surface area (Å²) in [6, 6.07) is 10.3. The van der Waals surface area contributed by atoms with E-state index in [4.69, 9.17) is 16.6 Å². The Labute approximate surface area is 191 Å². The molecule has 6 rings (SSSR count). The summed E-state index contributed by atoms with van der Waals surface area (Å²) in [6.07, 6.45) is 5.29. The molecule has 0 aliphatic carbocycles. The molecule has 5 heterocycles. The summed E-state index contributed by atoms with van der Waals surface area (Å²) in [4.78, 5) is 27.4. The Morgan fingerprint density at radius 2 is 2.10 bits per heavy atom. The first kappa shape index (κ1) is 19.1. The van der Waals surface area contributed by atoms with Crippen LogP contribution < -0.4 is 20.4 Å². The van der Waals surface area contributed by atoms with Crippen LogP contribution >= 0.6 is 34.7 Å². The summed E-state index contributed by atoms with van der Waals surface area (Å²) in [5, 5.41) is 3.75. The molecule has 1 fully saturated rings. The van der Waals surface area contributed by atoms with Crippen molar-refractivity contribution in [2.24, 2.45) is 4.99 Å². The van der Waals surface area contributed by atoms with Crippen LogP contribution in [0.3, 0.4) is 0 Å². The van der Waals surface area contributed by atoms with Gasteiger partial charge in [-0.15, -0.1) is 23.1 Å². The SMILES string of the molecule is Cc1ccc(N2C=c3c(Cl)cccc3=N[C@H]2C2CSCN2c2ncnc3nc[nH]c23)s1. The molecule has 1 saturated heterocycles.